The summed E-state index contributed by atoms with van der Waals surface area (Å²) in [6, 6.07) is 5.03. The summed E-state index contributed by atoms with van der Waals surface area (Å²) >= 11 is 0. The summed E-state index contributed by atoms with van der Waals surface area (Å²) in [5.74, 6) is 0.921. The van der Waals surface area contributed by atoms with E-state index in [0.717, 1.165) is 24.2 Å². The van der Waals surface area contributed by atoms with Crippen LogP contribution in [-0.2, 0) is 12.8 Å². The topological polar surface area (TPSA) is 39.9 Å². The van der Waals surface area contributed by atoms with Crippen molar-refractivity contribution in [3.63, 3.8) is 0 Å². The fraction of sp³-hybridized carbons (Fsp3) is 0.667. The van der Waals surface area contributed by atoms with E-state index in [4.69, 9.17) is 4.98 Å². The summed E-state index contributed by atoms with van der Waals surface area (Å²) < 4.78 is 0. The Morgan fingerprint density at radius 2 is 1.81 bits per heavy atom. The van der Waals surface area contributed by atoms with Gasteiger partial charge in [0.05, 0.1) is 5.56 Å². The molecule has 3 rings (SSSR count). The lowest BCUT2D eigenvalue weighted by atomic mass is 9.94. The number of anilines is 1. The van der Waals surface area contributed by atoms with Crippen molar-refractivity contribution in [1.82, 2.24) is 4.98 Å². The first kappa shape index (κ1) is 14.4. The van der Waals surface area contributed by atoms with E-state index in [-0.39, 0.29) is 0 Å². The van der Waals surface area contributed by atoms with Gasteiger partial charge in [0.2, 0.25) is 0 Å². The predicted octanol–water partition coefficient (Wildman–Crippen LogP) is 3.99. The molecule has 2 aliphatic rings. The molecule has 1 aromatic heterocycles. The minimum atomic E-state index is 0.550. The minimum Gasteiger partial charge on any atom is -0.356 e. The van der Waals surface area contributed by atoms with Gasteiger partial charge in [-0.3, -0.25) is 0 Å². The van der Waals surface area contributed by atoms with Crippen LogP contribution in [0.4, 0.5) is 5.82 Å². The molecule has 0 N–H and O–H groups in total. The molecule has 0 atom stereocenters. The van der Waals surface area contributed by atoms with E-state index >= 15 is 0 Å². The molecule has 112 valence electrons. The second-order valence-corrected chi connectivity index (χ2v) is 6.54. The molecule has 0 amide bonds. The Kier molecular flexibility index (Phi) is 4.43. The molecule has 3 nitrogen and oxygen atoms in total. The van der Waals surface area contributed by atoms with E-state index in [9.17, 15) is 5.26 Å². The summed E-state index contributed by atoms with van der Waals surface area (Å²) in [5, 5.41) is 9.51. The normalized spacial score (nSPS) is 19.4. The summed E-state index contributed by atoms with van der Waals surface area (Å²) in [7, 11) is 2.13. The fourth-order valence-electron chi connectivity index (χ4n) is 3.79. The number of pyridine rings is 1. The van der Waals surface area contributed by atoms with Gasteiger partial charge in [-0.25, -0.2) is 4.98 Å². The molecule has 3 heteroatoms. The zero-order valence-electron chi connectivity index (χ0n) is 13.1. The molecule has 0 radical (unpaired) electrons. The first-order valence-electron chi connectivity index (χ1n) is 8.45. The largest absolute Gasteiger partial charge is 0.356 e. The quantitative estimate of drug-likeness (QED) is 0.770. The van der Waals surface area contributed by atoms with Crippen LogP contribution in [0.15, 0.2) is 6.07 Å². The van der Waals surface area contributed by atoms with Crippen LogP contribution in [0.1, 0.15) is 68.2 Å². The van der Waals surface area contributed by atoms with Crippen molar-refractivity contribution in [1.29, 1.82) is 5.26 Å². The lowest BCUT2D eigenvalue weighted by Gasteiger charge is -2.30. The molecule has 0 aliphatic heterocycles. The molecule has 0 unspecified atom stereocenters. The molecule has 1 saturated carbocycles. The SMILES string of the molecule is CN(c1nc2c(cc1C#N)CCCC2)C1CCCCCC1. The first-order chi connectivity index (χ1) is 10.3. The van der Waals surface area contributed by atoms with E-state index in [1.165, 1.54) is 62.6 Å². The molecule has 0 aromatic carbocycles. The number of hydrogen-bond donors (Lipinski definition) is 0. The van der Waals surface area contributed by atoms with Gasteiger partial charge >= 0.3 is 0 Å². The van der Waals surface area contributed by atoms with Crippen molar-refractivity contribution in [3.8, 4) is 6.07 Å². The highest BCUT2D eigenvalue weighted by Crippen LogP contribution is 2.30. The van der Waals surface area contributed by atoms with Gasteiger partial charge < -0.3 is 4.90 Å². The van der Waals surface area contributed by atoms with Gasteiger partial charge in [-0.15, -0.1) is 0 Å². The monoisotopic (exact) mass is 283 g/mol. The maximum Gasteiger partial charge on any atom is 0.146 e. The van der Waals surface area contributed by atoms with Crippen molar-refractivity contribution >= 4 is 5.82 Å². The minimum absolute atomic E-state index is 0.550. The maximum absolute atomic E-state index is 9.51. The fourth-order valence-corrected chi connectivity index (χ4v) is 3.79. The zero-order chi connectivity index (χ0) is 14.7. The molecule has 1 aromatic rings. The van der Waals surface area contributed by atoms with Crippen LogP contribution in [-0.4, -0.2) is 18.1 Å². The summed E-state index contributed by atoms with van der Waals surface area (Å²) in [6.07, 6.45) is 12.4. The van der Waals surface area contributed by atoms with Crippen molar-refractivity contribution in [2.45, 2.75) is 70.3 Å². The maximum atomic E-state index is 9.51. The number of aromatic nitrogens is 1. The van der Waals surface area contributed by atoms with E-state index < -0.39 is 0 Å². The molecule has 0 bridgehead atoms. The van der Waals surface area contributed by atoms with Crippen molar-refractivity contribution in [2.75, 3.05) is 11.9 Å². The molecule has 0 saturated heterocycles. The Labute approximate surface area is 128 Å². The third-order valence-electron chi connectivity index (χ3n) is 5.11. The summed E-state index contributed by atoms with van der Waals surface area (Å²) in [4.78, 5) is 7.18. The Balaban J connectivity index is 1.90. The van der Waals surface area contributed by atoms with Crippen molar-refractivity contribution < 1.29 is 0 Å². The average Bonchev–Trinajstić information content (AvgIpc) is 2.82. The number of fused-ring (bicyclic) bond motifs is 1. The zero-order valence-corrected chi connectivity index (χ0v) is 13.1. The molecule has 2 aliphatic carbocycles. The van der Waals surface area contributed by atoms with Crippen LogP contribution < -0.4 is 4.90 Å². The number of nitriles is 1. The Morgan fingerprint density at radius 3 is 2.52 bits per heavy atom. The number of hydrogen-bond acceptors (Lipinski definition) is 3. The van der Waals surface area contributed by atoms with E-state index in [2.05, 4.69) is 24.1 Å². The first-order valence-corrected chi connectivity index (χ1v) is 8.45. The smallest absolute Gasteiger partial charge is 0.146 e. The van der Waals surface area contributed by atoms with Crippen LogP contribution >= 0.6 is 0 Å². The molecule has 0 spiro atoms. The second kappa shape index (κ2) is 6.47. The predicted molar refractivity (Wildman–Crippen MR) is 85.5 cm³/mol. The molecule has 1 heterocycles. The average molecular weight is 283 g/mol. The Morgan fingerprint density at radius 1 is 1.10 bits per heavy atom. The van der Waals surface area contributed by atoms with E-state index in [1.54, 1.807) is 0 Å². The lowest BCUT2D eigenvalue weighted by Crippen LogP contribution is -2.33. The van der Waals surface area contributed by atoms with Crippen LogP contribution in [0.5, 0.6) is 0 Å². The van der Waals surface area contributed by atoms with Gasteiger partial charge in [-0.1, -0.05) is 25.7 Å². The van der Waals surface area contributed by atoms with Gasteiger partial charge in [0.15, 0.2) is 0 Å². The Bertz CT molecular complexity index is 536. The van der Waals surface area contributed by atoms with Gasteiger partial charge in [0, 0.05) is 18.8 Å². The van der Waals surface area contributed by atoms with E-state index in [1.807, 2.05) is 0 Å². The Hall–Kier alpha value is -1.56. The molecule has 1 fully saturated rings. The van der Waals surface area contributed by atoms with Crippen LogP contribution in [0.25, 0.3) is 0 Å². The second-order valence-electron chi connectivity index (χ2n) is 6.54. The van der Waals surface area contributed by atoms with Gasteiger partial charge in [0.25, 0.3) is 0 Å². The van der Waals surface area contributed by atoms with E-state index in [0.29, 0.717) is 6.04 Å². The van der Waals surface area contributed by atoms with Crippen LogP contribution in [0.3, 0.4) is 0 Å². The third-order valence-corrected chi connectivity index (χ3v) is 5.11. The molecular formula is C18H25N3. The number of rotatable bonds is 2. The number of aryl methyl sites for hydroxylation is 2. The molecular weight excluding hydrogens is 258 g/mol. The van der Waals surface area contributed by atoms with Crippen molar-refractivity contribution in [3.05, 3.63) is 22.9 Å². The van der Waals surface area contributed by atoms with Gasteiger partial charge in [-0.2, -0.15) is 5.26 Å². The number of nitrogens with zero attached hydrogens (tertiary/aromatic N) is 3. The highest BCUT2D eigenvalue weighted by molar-refractivity contribution is 5.56. The molecule has 21 heavy (non-hydrogen) atoms. The van der Waals surface area contributed by atoms with Crippen LogP contribution in [0.2, 0.25) is 0 Å². The third kappa shape index (κ3) is 3.05. The lowest BCUT2D eigenvalue weighted by molar-refractivity contribution is 0.547. The van der Waals surface area contributed by atoms with Gasteiger partial charge in [0.1, 0.15) is 11.9 Å². The summed E-state index contributed by atoms with van der Waals surface area (Å²) in [6.45, 7) is 0. The standard InChI is InChI=1S/C18H25N3/c1-21(16-9-4-2-3-5-10-16)18-15(13-19)12-14-8-6-7-11-17(14)20-18/h12,16H,2-11H2,1H3. The highest BCUT2D eigenvalue weighted by atomic mass is 15.2. The van der Waals surface area contributed by atoms with Crippen molar-refractivity contribution in [2.24, 2.45) is 0 Å². The summed E-state index contributed by atoms with van der Waals surface area (Å²) in [5.41, 5.74) is 3.30. The van der Waals surface area contributed by atoms with Gasteiger partial charge in [-0.05, 0) is 50.2 Å². The van der Waals surface area contributed by atoms with Crippen LogP contribution in [0, 0.1) is 11.3 Å². The highest BCUT2D eigenvalue weighted by Gasteiger charge is 2.23.